The lowest BCUT2D eigenvalue weighted by molar-refractivity contribution is 0.189. The van der Waals surface area contributed by atoms with Crippen molar-refractivity contribution in [3.63, 3.8) is 0 Å². The third kappa shape index (κ3) is 3.76. The Morgan fingerprint density at radius 3 is 3.07 bits per heavy atom. The third-order valence-corrected chi connectivity index (χ3v) is 1.95. The van der Waals surface area contributed by atoms with Crippen LogP contribution in [0.3, 0.4) is 0 Å². The van der Waals surface area contributed by atoms with E-state index in [1.165, 1.54) is 0 Å². The first kappa shape index (κ1) is 11.0. The second-order valence-corrected chi connectivity index (χ2v) is 3.30. The summed E-state index contributed by atoms with van der Waals surface area (Å²) in [5.41, 5.74) is 5.84. The molecule has 0 radical (unpaired) electrons. The van der Waals surface area contributed by atoms with Crippen LogP contribution in [0, 0.1) is 0 Å². The van der Waals surface area contributed by atoms with Gasteiger partial charge in [0.2, 0.25) is 0 Å². The minimum Gasteiger partial charge on any atom is -0.385 e. The number of rotatable bonds is 6. The summed E-state index contributed by atoms with van der Waals surface area (Å²) >= 11 is 0. The normalized spacial score (nSPS) is 12.8. The van der Waals surface area contributed by atoms with Gasteiger partial charge in [-0.25, -0.2) is 0 Å². The molecule has 5 nitrogen and oxygen atoms in total. The van der Waals surface area contributed by atoms with E-state index in [2.05, 4.69) is 10.4 Å². The van der Waals surface area contributed by atoms with Gasteiger partial charge in [-0.2, -0.15) is 5.10 Å². The first-order valence-electron chi connectivity index (χ1n) is 4.70. The number of hydrogen-bond donors (Lipinski definition) is 2. The molecule has 0 aliphatic heterocycles. The summed E-state index contributed by atoms with van der Waals surface area (Å²) in [7, 11) is 3.56. The lowest BCUT2D eigenvalue weighted by Gasteiger charge is -2.11. The van der Waals surface area contributed by atoms with Crippen molar-refractivity contribution < 1.29 is 4.74 Å². The molecule has 1 rings (SSSR count). The van der Waals surface area contributed by atoms with E-state index in [1.54, 1.807) is 11.8 Å². The molecule has 1 aromatic heterocycles. The van der Waals surface area contributed by atoms with Gasteiger partial charge in [-0.15, -0.1) is 0 Å². The standard InChI is InChI=1S/C9H18N4O/c1-13-5-3-9(12-13)11-7-8(10)4-6-14-2/h3,5,8H,4,6-7,10H2,1-2H3,(H,11,12). The number of ether oxygens (including phenoxy) is 1. The molecule has 0 aromatic carbocycles. The molecular formula is C9H18N4O. The summed E-state index contributed by atoms with van der Waals surface area (Å²) in [6, 6.07) is 2.03. The van der Waals surface area contributed by atoms with Crippen molar-refractivity contribution in [2.75, 3.05) is 25.6 Å². The van der Waals surface area contributed by atoms with E-state index in [0.29, 0.717) is 6.61 Å². The highest BCUT2D eigenvalue weighted by molar-refractivity contribution is 5.32. The van der Waals surface area contributed by atoms with Gasteiger partial charge in [-0.3, -0.25) is 4.68 Å². The van der Waals surface area contributed by atoms with Crippen LogP contribution < -0.4 is 11.1 Å². The Labute approximate surface area is 84.2 Å². The molecule has 1 atom stereocenters. The fraction of sp³-hybridized carbons (Fsp3) is 0.667. The highest BCUT2D eigenvalue weighted by atomic mass is 16.5. The van der Waals surface area contributed by atoms with Crippen molar-refractivity contribution in [3.05, 3.63) is 12.3 Å². The summed E-state index contributed by atoms with van der Waals surface area (Å²) in [5.74, 6) is 0.861. The van der Waals surface area contributed by atoms with E-state index in [0.717, 1.165) is 18.8 Å². The topological polar surface area (TPSA) is 65.1 Å². The van der Waals surface area contributed by atoms with Gasteiger partial charge in [0.1, 0.15) is 5.82 Å². The Kier molecular flexibility index (Phi) is 4.42. The fourth-order valence-corrected chi connectivity index (χ4v) is 1.12. The SMILES string of the molecule is COCCC(N)CNc1ccn(C)n1. The van der Waals surface area contributed by atoms with Gasteiger partial charge < -0.3 is 15.8 Å². The third-order valence-electron chi connectivity index (χ3n) is 1.95. The summed E-state index contributed by atoms with van der Waals surface area (Å²) in [6.45, 7) is 1.42. The van der Waals surface area contributed by atoms with E-state index in [-0.39, 0.29) is 6.04 Å². The van der Waals surface area contributed by atoms with Crippen molar-refractivity contribution in [3.8, 4) is 0 Å². The summed E-state index contributed by atoms with van der Waals surface area (Å²) in [6.07, 6.45) is 2.75. The number of nitrogens with one attached hydrogen (secondary N) is 1. The lowest BCUT2D eigenvalue weighted by atomic mass is 10.2. The number of aryl methyl sites for hydroxylation is 1. The first-order chi connectivity index (χ1) is 6.72. The maximum absolute atomic E-state index is 5.84. The van der Waals surface area contributed by atoms with E-state index in [1.807, 2.05) is 19.3 Å². The predicted octanol–water partition coefficient (Wildman–Crippen LogP) is 0.196. The van der Waals surface area contributed by atoms with Crippen LogP contribution in [0.4, 0.5) is 5.82 Å². The number of methoxy groups -OCH3 is 1. The maximum Gasteiger partial charge on any atom is 0.148 e. The van der Waals surface area contributed by atoms with E-state index < -0.39 is 0 Å². The molecule has 80 valence electrons. The Morgan fingerprint density at radius 1 is 1.71 bits per heavy atom. The average Bonchev–Trinajstić information content (AvgIpc) is 2.58. The minimum atomic E-state index is 0.108. The van der Waals surface area contributed by atoms with Crippen LogP contribution >= 0.6 is 0 Å². The monoisotopic (exact) mass is 198 g/mol. The predicted molar refractivity (Wildman–Crippen MR) is 56.2 cm³/mol. The Morgan fingerprint density at radius 2 is 2.50 bits per heavy atom. The zero-order chi connectivity index (χ0) is 10.4. The second kappa shape index (κ2) is 5.62. The zero-order valence-corrected chi connectivity index (χ0v) is 8.73. The number of aromatic nitrogens is 2. The maximum atomic E-state index is 5.84. The van der Waals surface area contributed by atoms with Gasteiger partial charge in [-0.05, 0) is 6.42 Å². The molecule has 0 bridgehead atoms. The number of hydrogen-bond acceptors (Lipinski definition) is 4. The van der Waals surface area contributed by atoms with Crippen molar-refractivity contribution in [2.45, 2.75) is 12.5 Å². The fourth-order valence-electron chi connectivity index (χ4n) is 1.12. The molecule has 1 unspecified atom stereocenters. The highest BCUT2D eigenvalue weighted by Crippen LogP contribution is 2.00. The van der Waals surface area contributed by atoms with Crippen LogP contribution in [-0.2, 0) is 11.8 Å². The van der Waals surface area contributed by atoms with Crippen LogP contribution in [0.2, 0.25) is 0 Å². The number of nitrogens with zero attached hydrogens (tertiary/aromatic N) is 2. The van der Waals surface area contributed by atoms with Crippen LogP contribution in [0.15, 0.2) is 12.3 Å². The molecule has 0 aliphatic rings. The molecule has 14 heavy (non-hydrogen) atoms. The van der Waals surface area contributed by atoms with Crippen molar-refractivity contribution in [1.29, 1.82) is 0 Å². The molecule has 0 amide bonds. The second-order valence-electron chi connectivity index (χ2n) is 3.30. The van der Waals surface area contributed by atoms with E-state index in [4.69, 9.17) is 10.5 Å². The summed E-state index contributed by atoms with van der Waals surface area (Å²) < 4.78 is 6.69. The largest absolute Gasteiger partial charge is 0.385 e. The van der Waals surface area contributed by atoms with E-state index in [9.17, 15) is 0 Å². The van der Waals surface area contributed by atoms with Crippen LogP contribution in [0.25, 0.3) is 0 Å². The molecule has 1 aromatic rings. The molecule has 0 saturated carbocycles. The summed E-state index contributed by atoms with van der Waals surface area (Å²) in [4.78, 5) is 0. The number of nitrogens with two attached hydrogens (primary N) is 1. The van der Waals surface area contributed by atoms with Gasteiger partial charge >= 0.3 is 0 Å². The summed E-state index contributed by atoms with van der Waals surface area (Å²) in [5, 5.41) is 7.34. The molecule has 3 N–H and O–H groups in total. The van der Waals surface area contributed by atoms with E-state index >= 15 is 0 Å². The van der Waals surface area contributed by atoms with Gasteiger partial charge in [-0.1, -0.05) is 0 Å². The van der Waals surface area contributed by atoms with Crippen LogP contribution in [0.1, 0.15) is 6.42 Å². The van der Waals surface area contributed by atoms with Crippen molar-refractivity contribution in [1.82, 2.24) is 9.78 Å². The Balaban J connectivity index is 2.20. The van der Waals surface area contributed by atoms with Crippen LogP contribution in [-0.4, -0.2) is 36.1 Å². The van der Waals surface area contributed by atoms with Gasteiger partial charge in [0.25, 0.3) is 0 Å². The quantitative estimate of drug-likeness (QED) is 0.685. The van der Waals surface area contributed by atoms with Crippen molar-refractivity contribution >= 4 is 5.82 Å². The molecule has 5 heteroatoms. The molecular weight excluding hydrogens is 180 g/mol. The zero-order valence-electron chi connectivity index (χ0n) is 8.73. The molecule has 0 spiro atoms. The molecule has 0 aliphatic carbocycles. The average molecular weight is 198 g/mol. The Hall–Kier alpha value is -1.07. The molecule has 0 saturated heterocycles. The lowest BCUT2D eigenvalue weighted by Crippen LogP contribution is -2.30. The first-order valence-corrected chi connectivity index (χ1v) is 4.70. The van der Waals surface area contributed by atoms with Gasteiger partial charge in [0.15, 0.2) is 0 Å². The van der Waals surface area contributed by atoms with Crippen LogP contribution in [0.5, 0.6) is 0 Å². The van der Waals surface area contributed by atoms with Gasteiger partial charge in [0.05, 0.1) is 0 Å². The number of anilines is 1. The molecule has 0 fully saturated rings. The molecule has 1 heterocycles. The Bertz CT molecular complexity index is 261. The smallest absolute Gasteiger partial charge is 0.148 e. The van der Waals surface area contributed by atoms with Gasteiger partial charge in [0, 0.05) is 45.6 Å². The minimum absolute atomic E-state index is 0.108. The highest BCUT2D eigenvalue weighted by Gasteiger charge is 2.02. The van der Waals surface area contributed by atoms with Crippen molar-refractivity contribution in [2.24, 2.45) is 12.8 Å².